The Labute approximate surface area is 137 Å². The second kappa shape index (κ2) is 7.74. The van der Waals surface area contributed by atoms with Crippen LogP contribution in [0.2, 0.25) is 0 Å². The molecular weight excluding hydrogens is 324 g/mol. The van der Waals surface area contributed by atoms with Gasteiger partial charge in [-0.15, -0.1) is 0 Å². The van der Waals surface area contributed by atoms with Crippen LogP contribution in [0.15, 0.2) is 18.2 Å². The van der Waals surface area contributed by atoms with Crippen LogP contribution in [-0.4, -0.2) is 42.5 Å². The normalized spacial score (nSPS) is 19.0. The molecule has 2 amide bonds. The van der Waals surface area contributed by atoms with Crippen LogP contribution < -0.4 is 16.0 Å². The maximum Gasteiger partial charge on any atom is 0.249 e. The first-order valence-corrected chi connectivity index (χ1v) is 8.65. The third-order valence-electron chi connectivity index (χ3n) is 3.70. The first-order chi connectivity index (χ1) is 11.0. The zero-order valence-corrected chi connectivity index (χ0v) is 13.5. The summed E-state index contributed by atoms with van der Waals surface area (Å²) in [7, 11) is 0. The van der Waals surface area contributed by atoms with Gasteiger partial charge in [-0.2, -0.15) is 11.8 Å². The van der Waals surface area contributed by atoms with Gasteiger partial charge in [0, 0.05) is 6.54 Å². The number of carbonyl (C=O) groups is 2. The van der Waals surface area contributed by atoms with Gasteiger partial charge in [-0.1, -0.05) is 6.07 Å². The Morgan fingerprint density at radius 3 is 2.74 bits per heavy atom. The van der Waals surface area contributed by atoms with Crippen LogP contribution in [0.5, 0.6) is 0 Å². The van der Waals surface area contributed by atoms with Crippen molar-refractivity contribution in [2.75, 3.05) is 23.5 Å². The number of thioether (sulfide) groups is 1. The van der Waals surface area contributed by atoms with Gasteiger partial charge in [-0.3, -0.25) is 9.59 Å². The number of benzene rings is 1. The lowest BCUT2D eigenvalue weighted by Gasteiger charge is -2.19. The van der Waals surface area contributed by atoms with Crippen molar-refractivity contribution in [2.24, 2.45) is 5.73 Å². The van der Waals surface area contributed by atoms with Crippen molar-refractivity contribution in [1.29, 1.82) is 0 Å². The summed E-state index contributed by atoms with van der Waals surface area (Å²) in [5, 5.41) is 2.57. The number of rotatable bonds is 6. The number of nitrogens with one attached hydrogen (secondary N) is 1. The lowest BCUT2D eigenvalue weighted by molar-refractivity contribution is -0.127. The number of nitrogens with two attached hydrogens (primary N) is 1. The summed E-state index contributed by atoms with van der Waals surface area (Å²) >= 11 is 1.57. The summed E-state index contributed by atoms with van der Waals surface area (Å²) in [6, 6.07) is 1.92. The number of halogens is 2. The molecule has 126 valence electrons. The highest BCUT2D eigenvalue weighted by atomic mass is 32.2. The van der Waals surface area contributed by atoms with Crippen molar-refractivity contribution in [3.05, 3.63) is 29.8 Å². The van der Waals surface area contributed by atoms with E-state index >= 15 is 0 Å². The summed E-state index contributed by atoms with van der Waals surface area (Å²) in [4.78, 5) is 25.3. The van der Waals surface area contributed by atoms with Crippen molar-refractivity contribution in [3.63, 3.8) is 0 Å². The fourth-order valence-corrected chi connectivity index (χ4v) is 2.93. The molecule has 1 aliphatic heterocycles. The van der Waals surface area contributed by atoms with Crippen molar-refractivity contribution < 1.29 is 18.4 Å². The molecule has 1 saturated heterocycles. The molecule has 8 heteroatoms. The molecule has 2 atom stereocenters. The Hall–Kier alpha value is -1.67. The maximum atomic E-state index is 13.8. The van der Waals surface area contributed by atoms with Gasteiger partial charge in [0.15, 0.2) is 0 Å². The van der Waals surface area contributed by atoms with E-state index in [4.69, 9.17) is 5.73 Å². The van der Waals surface area contributed by atoms with Crippen molar-refractivity contribution in [1.82, 2.24) is 5.32 Å². The first kappa shape index (κ1) is 17.7. The average Bonchev–Trinajstić information content (AvgIpc) is 2.86. The molecule has 0 saturated carbocycles. The van der Waals surface area contributed by atoms with E-state index in [2.05, 4.69) is 5.32 Å². The van der Waals surface area contributed by atoms with E-state index < -0.39 is 35.5 Å². The van der Waals surface area contributed by atoms with E-state index in [0.717, 1.165) is 22.8 Å². The predicted octanol–water partition coefficient (Wildman–Crippen LogP) is 1.27. The molecule has 0 aliphatic carbocycles. The molecule has 0 radical (unpaired) electrons. The number of nitrogens with zero attached hydrogens (tertiary/aromatic N) is 1. The number of carbonyl (C=O) groups excluding carboxylic acids is 2. The first-order valence-electron chi connectivity index (χ1n) is 7.26. The lowest BCUT2D eigenvalue weighted by atomic mass is 10.2. The van der Waals surface area contributed by atoms with Gasteiger partial charge in [0.1, 0.15) is 23.4 Å². The average molecular weight is 343 g/mol. The number of para-hydroxylation sites is 1. The largest absolute Gasteiger partial charge is 0.343 e. The maximum absolute atomic E-state index is 13.8. The molecule has 23 heavy (non-hydrogen) atoms. The van der Waals surface area contributed by atoms with Gasteiger partial charge in [-0.25, -0.2) is 8.78 Å². The second-order valence-electron chi connectivity index (χ2n) is 5.30. The van der Waals surface area contributed by atoms with Crippen LogP contribution in [0.4, 0.5) is 14.5 Å². The van der Waals surface area contributed by atoms with Crippen LogP contribution in [-0.2, 0) is 9.59 Å². The fraction of sp³-hybridized carbons (Fsp3) is 0.467. The van der Waals surface area contributed by atoms with Crippen molar-refractivity contribution >= 4 is 29.3 Å². The highest BCUT2D eigenvalue weighted by molar-refractivity contribution is 7.98. The molecule has 1 aliphatic rings. The highest BCUT2D eigenvalue weighted by Gasteiger charge is 2.36. The molecule has 0 aromatic heterocycles. The SMILES string of the molecule is CSCC[C@H](N)C(=O)NC1CCN(c2c(F)cccc2F)C1=O. The number of amides is 2. The van der Waals surface area contributed by atoms with Crippen LogP contribution in [0.1, 0.15) is 12.8 Å². The number of anilines is 1. The number of hydrogen-bond acceptors (Lipinski definition) is 4. The molecular formula is C15H19F2N3O2S. The van der Waals surface area contributed by atoms with Gasteiger partial charge in [-0.05, 0) is 37.0 Å². The minimum atomic E-state index is -0.804. The molecule has 5 nitrogen and oxygen atoms in total. The van der Waals surface area contributed by atoms with Crippen molar-refractivity contribution in [3.8, 4) is 0 Å². The molecule has 1 heterocycles. The standard InChI is InChI=1S/C15H19F2N3O2S/c1-23-8-6-11(18)14(21)19-12-5-7-20(15(12)22)13-9(16)3-2-4-10(13)17/h2-4,11-12H,5-8,18H2,1H3,(H,19,21)/t11-,12?/m0/s1. The molecule has 1 aromatic carbocycles. The minimum Gasteiger partial charge on any atom is -0.343 e. The zero-order chi connectivity index (χ0) is 17.0. The third kappa shape index (κ3) is 4.00. The molecule has 2 rings (SSSR count). The van der Waals surface area contributed by atoms with Gasteiger partial charge >= 0.3 is 0 Å². The highest BCUT2D eigenvalue weighted by Crippen LogP contribution is 2.27. The molecule has 1 unspecified atom stereocenters. The summed E-state index contributed by atoms with van der Waals surface area (Å²) in [6.45, 7) is 0.141. The van der Waals surface area contributed by atoms with E-state index in [0.29, 0.717) is 6.42 Å². The molecule has 1 fully saturated rings. The Morgan fingerprint density at radius 2 is 2.13 bits per heavy atom. The Balaban J connectivity index is 2.03. The summed E-state index contributed by atoms with van der Waals surface area (Å²) in [6.07, 6.45) is 2.69. The van der Waals surface area contributed by atoms with Gasteiger partial charge < -0.3 is 16.0 Å². The van der Waals surface area contributed by atoms with Gasteiger partial charge in [0.2, 0.25) is 11.8 Å². The van der Waals surface area contributed by atoms with Crippen LogP contribution >= 0.6 is 11.8 Å². The number of hydrogen-bond donors (Lipinski definition) is 2. The second-order valence-corrected chi connectivity index (χ2v) is 6.28. The fourth-order valence-electron chi connectivity index (χ4n) is 2.44. The topological polar surface area (TPSA) is 75.4 Å². The third-order valence-corrected chi connectivity index (χ3v) is 4.34. The molecule has 0 spiro atoms. The molecule has 1 aromatic rings. The van der Waals surface area contributed by atoms with Crippen molar-refractivity contribution in [2.45, 2.75) is 24.9 Å². The van der Waals surface area contributed by atoms with E-state index in [1.54, 1.807) is 11.8 Å². The molecule has 0 bridgehead atoms. The quantitative estimate of drug-likeness (QED) is 0.816. The van der Waals surface area contributed by atoms with Crippen LogP contribution in [0.25, 0.3) is 0 Å². The summed E-state index contributed by atoms with van der Waals surface area (Å²) in [5.74, 6) is -1.82. The van der Waals surface area contributed by atoms with Crippen LogP contribution in [0.3, 0.4) is 0 Å². The van der Waals surface area contributed by atoms with Gasteiger partial charge in [0.05, 0.1) is 6.04 Å². The van der Waals surface area contributed by atoms with E-state index in [1.165, 1.54) is 6.07 Å². The minimum absolute atomic E-state index is 0.141. The summed E-state index contributed by atoms with van der Waals surface area (Å²) in [5.41, 5.74) is 5.38. The van der Waals surface area contributed by atoms with Gasteiger partial charge in [0.25, 0.3) is 0 Å². The van der Waals surface area contributed by atoms with Crippen LogP contribution in [0, 0.1) is 11.6 Å². The Bertz CT molecular complexity index is 580. The zero-order valence-electron chi connectivity index (χ0n) is 12.7. The lowest BCUT2D eigenvalue weighted by Crippen LogP contribution is -2.48. The molecule has 3 N–H and O–H groups in total. The predicted molar refractivity (Wildman–Crippen MR) is 86.2 cm³/mol. The van der Waals surface area contributed by atoms with E-state index in [-0.39, 0.29) is 18.7 Å². The van der Waals surface area contributed by atoms with E-state index in [9.17, 15) is 18.4 Å². The monoisotopic (exact) mass is 343 g/mol. The van der Waals surface area contributed by atoms with E-state index in [1.807, 2.05) is 6.26 Å². The summed E-state index contributed by atoms with van der Waals surface area (Å²) < 4.78 is 27.6. The smallest absolute Gasteiger partial charge is 0.249 e. The Morgan fingerprint density at radius 1 is 1.48 bits per heavy atom. The Kier molecular flexibility index (Phi) is 5.95.